The Morgan fingerprint density at radius 2 is 2.14 bits per heavy atom. The average Bonchev–Trinajstić information content (AvgIpc) is 3.01. The zero-order chi connectivity index (χ0) is 14.8. The summed E-state index contributed by atoms with van der Waals surface area (Å²) in [5, 5.41) is 3.62. The molecule has 0 aromatic heterocycles. The first-order valence-corrected chi connectivity index (χ1v) is 8.55. The van der Waals surface area contributed by atoms with Crippen LogP contribution in [0, 0.1) is 0 Å². The molecule has 2 aliphatic heterocycles. The summed E-state index contributed by atoms with van der Waals surface area (Å²) in [6, 6.07) is 6.87. The van der Waals surface area contributed by atoms with Crippen LogP contribution in [-0.2, 0) is 0 Å². The smallest absolute Gasteiger partial charge is 0.250 e. The van der Waals surface area contributed by atoms with Gasteiger partial charge in [-0.15, -0.1) is 0 Å². The van der Waals surface area contributed by atoms with Gasteiger partial charge in [0.25, 0.3) is 5.91 Å². The first-order valence-electron chi connectivity index (χ1n) is 7.76. The standard InChI is InChI=1S/C16H22BrN3O/c17-11-6-7-14(12(10-11)16(18)21)20-9-2-1-5-15(20)13-4-3-8-19-13/h6-7,10,13,15,19H,1-5,8-9H2,(H2,18,21). The van der Waals surface area contributed by atoms with Crippen LogP contribution in [0.15, 0.2) is 22.7 Å². The molecule has 114 valence electrons. The summed E-state index contributed by atoms with van der Waals surface area (Å²) in [6.07, 6.45) is 6.10. The number of benzene rings is 1. The predicted molar refractivity (Wildman–Crippen MR) is 88.7 cm³/mol. The zero-order valence-corrected chi connectivity index (χ0v) is 13.7. The second kappa shape index (κ2) is 6.36. The van der Waals surface area contributed by atoms with Gasteiger partial charge in [-0.25, -0.2) is 0 Å². The van der Waals surface area contributed by atoms with Crippen LogP contribution in [0.3, 0.4) is 0 Å². The summed E-state index contributed by atoms with van der Waals surface area (Å²) in [6.45, 7) is 2.11. The van der Waals surface area contributed by atoms with Gasteiger partial charge in [0.15, 0.2) is 0 Å². The molecule has 0 bridgehead atoms. The Balaban J connectivity index is 1.94. The number of nitrogens with two attached hydrogens (primary N) is 1. The van der Waals surface area contributed by atoms with Crippen LogP contribution in [0.2, 0.25) is 0 Å². The van der Waals surface area contributed by atoms with E-state index in [1.165, 1.54) is 32.1 Å². The third-order valence-electron chi connectivity index (χ3n) is 4.65. The maximum absolute atomic E-state index is 11.8. The van der Waals surface area contributed by atoms with Crippen molar-refractivity contribution in [1.82, 2.24) is 5.32 Å². The highest BCUT2D eigenvalue weighted by molar-refractivity contribution is 9.10. The fourth-order valence-corrected chi connectivity index (χ4v) is 4.03. The molecule has 3 N–H and O–H groups in total. The van der Waals surface area contributed by atoms with Crippen LogP contribution >= 0.6 is 15.9 Å². The van der Waals surface area contributed by atoms with Crippen molar-refractivity contribution in [2.45, 2.75) is 44.2 Å². The number of amides is 1. The number of anilines is 1. The Bertz CT molecular complexity index is 528. The summed E-state index contributed by atoms with van der Waals surface area (Å²) in [5.74, 6) is -0.352. The third-order valence-corrected chi connectivity index (χ3v) is 5.14. The molecule has 3 rings (SSSR count). The number of rotatable bonds is 3. The molecule has 0 spiro atoms. The number of nitrogens with zero attached hydrogens (tertiary/aromatic N) is 1. The molecule has 5 heteroatoms. The van der Waals surface area contributed by atoms with Gasteiger partial charge in [-0.1, -0.05) is 15.9 Å². The van der Waals surface area contributed by atoms with E-state index in [-0.39, 0.29) is 5.91 Å². The first-order chi connectivity index (χ1) is 10.2. The predicted octanol–water partition coefficient (Wildman–Crippen LogP) is 2.66. The molecule has 1 aromatic rings. The summed E-state index contributed by atoms with van der Waals surface area (Å²) in [5.41, 5.74) is 7.20. The molecule has 1 aromatic carbocycles. The maximum atomic E-state index is 11.8. The lowest BCUT2D eigenvalue weighted by Crippen LogP contribution is -2.50. The van der Waals surface area contributed by atoms with Crippen LogP contribution in [-0.4, -0.2) is 31.1 Å². The molecule has 2 atom stereocenters. The Hall–Kier alpha value is -1.07. The number of hydrogen-bond acceptors (Lipinski definition) is 3. The monoisotopic (exact) mass is 351 g/mol. The SMILES string of the molecule is NC(=O)c1cc(Br)ccc1N1CCCCC1C1CCCN1. The van der Waals surface area contributed by atoms with Crippen molar-refractivity contribution in [2.75, 3.05) is 18.0 Å². The van der Waals surface area contributed by atoms with Crippen LogP contribution in [0.1, 0.15) is 42.5 Å². The number of halogens is 1. The van der Waals surface area contributed by atoms with Gasteiger partial charge in [-0.3, -0.25) is 4.79 Å². The normalized spacial score (nSPS) is 26.0. The van der Waals surface area contributed by atoms with Gasteiger partial charge in [0.1, 0.15) is 0 Å². The summed E-state index contributed by atoms with van der Waals surface area (Å²) >= 11 is 3.43. The summed E-state index contributed by atoms with van der Waals surface area (Å²) in [4.78, 5) is 14.2. The summed E-state index contributed by atoms with van der Waals surface area (Å²) in [7, 11) is 0. The molecule has 2 fully saturated rings. The van der Waals surface area contributed by atoms with Gasteiger partial charge >= 0.3 is 0 Å². The Kier molecular flexibility index (Phi) is 4.50. The highest BCUT2D eigenvalue weighted by Gasteiger charge is 2.33. The van der Waals surface area contributed by atoms with Crippen molar-refractivity contribution in [3.8, 4) is 0 Å². The van der Waals surface area contributed by atoms with Gasteiger partial charge in [0.2, 0.25) is 0 Å². The van der Waals surface area contributed by atoms with E-state index in [0.717, 1.165) is 23.2 Å². The molecule has 2 aliphatic rings. The van der Waals surface area contributed by atoms with E-state index >= 15 is 0 Å². The van der Waals surface area contributed by atoms with Crippen LogP contribution in [0.5, 0.6) is 0 Å². The molecule has 2 unspecified atom stereocenters. The van der Waals surface area contributed by atoms with E-state index in [1.54, 1.807) is 0 Å². The average molecular weight is 352 g/mol. The summed E-state index contributed by atoms with van der Waals surface area (Å²) < 4.78 is 0.896. The molecular weight excluding hydrogens is 330 g/mol. The van der Waals surface area contributed by atoms with Crippen molar-refractivity contribution >= 4 is 27.5 Å². The molecule has 0 radical (unpaired) electrons. The number of primary amides is 1. The lowest BCUT2D eigenvalue weighted by atomic mass is 9.93. The number of hydrogen-bond donors (Lipinski definition) is 2. The fraction of sp³-hybridized carbons (Fsp3) is 0.562. The fourth-order valence-electron chi connectivity index (χ4n) is 3.67. The Morgan fingerprint density at radius 1 is 1.29 bits per heavy atom. The second-order valence-electron chi connectivity index (χ2n) is 5.99. The molecule has 2 heterocycles. The lowest BCUT2D eigenvalue weighted by Gasteiger charge is -2.41. The van der Waals surface area contributed by atoms with Crippen molar-refractivity contribution in [1.29, 1.82) is 0 Å². The van der Waals surface area contributed by atoms with Gasteiger partial charge in [-0.2, -0.15) is 0 Å². The number of piperidine rings is 1. The highest BCUT2D eigenvalue weighted by atomic mass is 79.9. The molecule has 1 amide bonds. The van der Waals surface area contributed by atoms with E-state index in [4.69, 9.17) is 5.73 Å². The number of nitrogens with one attached hydrogen (secondary N) is 1. The largest absolute Gasteiger partial charge is 0.366 e. The first kappa shape index (κ1) is 14.9. The molecule has 0 aliphatic carbocycles. The Labute approximate surface area is 134 Å². The lowest BCUT2D eigenvalue weighted by molar-refractivity contribution is 0.100. The topological polar surface area (TPSA) is 58.4 Å². The quantitative estimate of drug-likeness (QED) is 0.879. The van der Waals surface area contributed by atoms with Crippen LogP contribution in [0.4, 0.5) is 5.69 Å². The molecule has 0 saturated carbocycles. The van der Waals surface area contributed by atoms with Gasteiger partial charge in [-0.05, 0) is 56.8 Å². The minimum Gasteiger partial charge on any atom is -0.366 e. The maximum Gasteiger partial charge on any atom is 0.250 e. The second-order valence-corrected chi connectivity index (χ2v) is 6.90. The minimum atomic E-state index is -0.352. The van der Waals surface area contributed by atoms with Crippen molar-refractivity contribution in [3.05, 3.63) is 28.2 Å². The van der Waals surface area contributed by atoms with E-state index in [1.807, 2.05) is 18.2 Å². The molecular formula is C16H22BrN3O. The third kappa shape index (κ3) is 3.09. The van der Waals surface area contributed by atoms with Crippen molar-refractivity contribution in [2.24, 2.45) is 5.73 Å². The Morgan fingerprint density at radius 3 is 2.86 bits per heavy atom. The minimum absolute atomic E-state index is 0.352. The van der Waals surface area contributed by atoms with E-state index in [2.05, 4.69) is 26.1 Å². The van der Waals surface area contributed by atoms with Crippen LogP contribution in [0.25, 0.3) is 0 Å². The molecule has 2 saturated heterocycles. The number of carbonyl (C=O) groups is 1. The van der Waals surface area contributed by atoms with E-state index in [9.17, 15) is 4.79 Å². The highest BCUT2D eigenvalue weighted by Crippen LogP contribution is 2.32. The van der Waals surface area contributed by atoms with Gasteiger partial charge < -0.3 is 16.0 Å². The van der Waals surface area contributed by atoms with Crippen molar-refractivity contribution < 1.29 is 4.79 Å². The number of carbonyl (C=O) groups excluding carboxylic acids is 1. The van der Waals surface area contributed by atoms with Crippen LogP contribution < -0.4 is 16.0 Å². The zero-order valence-electron chi connectivity index (χ0n) is 12.1. The van der Waals surface area contributed by atoms with E-state index in [0.29, 0.717) is 17.6 Å². The van der Waals surface area contributed by atoms with Crippen molar-refractivity contribution in [3.63, 3.8) is 0 Å². The van der Waals surface area contributed by atoms with Gasteiger partial charge in [0.05, 0.1) is 5.56 Å². The molecule has 4 nitrogen and oxygen atoms in total. The van der Waals surface area contributed by atoms with E-state index < -0.39 is 0 Å². The van der Waals surface area contributed by atoms with Gasteiger partial charge in [0, 0.05) is 28.8 Å². The molecule has 21 heavy (non-hydrogen) atoms.